The van der Waals surface area contributed by atoms with Crippen molar-refractivity contribution in [3.05, 3.63) is 46.1 Å². The molecule has 1 aromatic heterocycles. The Morgan fingerprint density at radius 3 is 2.72 bits per heavy atom. The predicted molar refractivity (Wildman–Crippen MR) is 65.5 cm³/mol. The summed E-state index contributed by atoms with van der Waals surface area (Å²) in [5.41, 5.74) is -0.101. The molecule has 1 N–H and O–H groups in total. The van der Waals surface area contributed by atoms with Crippen LogP contribution < -0.4 is 4.74 Å². The molecule has 0 aliphatic carbocycles. The van der Waals surface area contributed by atoms with Gasteiger partial charge in [0.05, 0.1) is 11.2 Å². The van der Waals surface area contributed by atoms with Gasteiger partial charge in [-0.05, 0) is 24.3 Å². The number of hydrogen-bond donors (Lipinski definition) is 1. The van der Waals surface area contributed by atoms with Gasteiger partial charge in [0, 0.05) is 5.02 Å². The first kappa shape index (κ1) is 12.6. The molecule has 18 heavy (non-hydrogen) atoms. The third-order valence-corrected chi connectivity index (χ3v) is 2.55. The summed E-state index contributed by atoms with van der Waals surface area (Å²) < 4.78 is 5.31. The summed E-state index contributed by atoms with van der Waals surface area (Å²) in [6.07, 6.45) is 1.26. The van der Waals surface area contributed by atoms with Gasteiger partial charge in [0.2, 0.25) is 0 Å². The molecule has 0 unspecified atom stereocenters. The highest BCUT2D eigenvalue weighted by molar-refractivity contribution is 6.35. The topological polar surface area (TPSA) is 72.3 Å². The lowest BCUT2D eigenvalue weighted by molar-refractivity contribution is 0.0693. The van der Waals surface area contributed by atoms with Gasteiger partial charge < -0.3 is 9.84 Å². The van der Waals surface area contributed by atoms with Gasteiger partial charge in [-0.2, -0.15) is 5.10 Å². The van der Waals surface area contributed by atoms with Gasteiger partial charge in [-0.3, -0.25) is 0 Å². The number of aromatic carboxylic acids is 1. The van der Waals surface area contributed by atoms with Crippen LogP contribution in [0.5, 0.6) is 11.6 Å². The van der Waals surface area contributed by atoms with E-state index in [0.717, 1.165) is 0 Å². The van der Waals surface area contributed by atoms with Crippen molar-refractivity contribution < 1.29 is 14.6 Å². The lowest BCUT2D eigenvalue weighted by atomic mass is 10.3. The van der Waals surface area contributed by atoms with Gasteiger partial charge in [-0.1, -0.05) is 23.2 Å². The molecule has 1 heterocycles. The first-order valence-electron chi connectivity index (χ1n) is 4.76. The SMILES string of the molecule is O=C(O)c1ccnnc1Oc1ccc(Cl)cc1Cl. The minimum Gasteiger partial charge on any atom is -0.477 e. The third kappa shape index (κ3) is 2.69. The highest BCUT2D eigenvalue weighted by Gasteiger charge is 2.14. The van der Waals surface area contributed by atoms with Crippen molar-refractivity contribution in [2.45, 2.75) is 0 Å². The number of aromatic nitrogens is 2. The largest absolute Gasteiger partial charge is 0.477 e. The van der Waals surface area contributed by atoms with Gasteiger partial charge in [0.25, 0.3) is 5.88 Å². The summed E-state index contributed by atoms with van der Waals surface area (Å²) in [7, 11) is 0. The van der Waals surface area contributed by atoms with Crippen LogP contribution in [0.1, 0.15) is 10.4 Å². The summed E-state index contributed by atoms with van der Waals surface area (Å²) in [6, 6.07) is 5.86. The summed E-state index contributed by atoms with van der Waals surface area (Å²) in [5, 5.41) is 16.8. The summed E-state index contributed by atoms with van der Waals surface area (Å²) in [4.78, 5) is 10.9. The van der Waals surface area contributed by atoms with E-state index in [1.165, 1.54) is 24.4 Å². The Morgan fingerprint density at radius 2 is 2.06 bits per heavy atom. The van der Waals surface area contributed by atoms with Crippen molar-refractivity contribution in [2.24, 2.45) is 0 Å². The predicted octanol–water partition coefficient (Wildman–Crippen LogP) is 3.27. The fraction of sp³-hybridized carbons (Fsp3) is 0. The van der Waals surface area contributed by atoms with E-state index in [2.05, 4.69) is 10.2 Å². The van der Waals surface area contributed by atoms with Gasteiger partial charge in [0.15, 0.2) is 0 Å². The molecule has 0 saturated heterocycles. The van der Waals surface area contributed by atoms with Crippen molar-refractivity contribution >= 4 is 29.2 Å². The number of nitrogens with zero attached hydrogens (tertiary/aromatic N) is 2. The maximum absolute atomic E-state index is 10.9. The van der Waals surface area contributed by atoms with E-state index in [9.17, 15) is 4.79 Å². The minimum absolute atomic E-state index is 0.101. The normalized spacial score (nSPS) is 10.1. The number of rotatable bonds is 3. The zero-order chi connectivity index (χ0) is 13.1. The Hall–Kier alpha value is -1.85. The molecule has 2 rings (SSSR count). The molecule has 0 atom stereocenters. The van der Waals surface area contributed by atoms with Crippen LogP contribution in [0.15, 0.2) is 30.5 Å². The van der Waals surface area contributed by atoms with Crippen LogP contribution in [-0.2, 0) is 0 Å². The zero-order valence-electron chi connectivity index (χ0n) is 8.80. The number of carbonyl (C=O) groups is 1. The number of ether oxygens (including phenoxy) is 1. The molecule has 0 radical (unpaired) electrons. The Morgan fingerprint density at radius 1 is 1.28 bits per heavy atom. The quantitative estimate of drug-likeness (QED) is 0.936. The number of carboxylic acid groups (broad SMARTS) is 1. The van der Waals surface area contributed by atoms with E-state index >= 15 is 0 Å². The number of benzene rings is 1. The number of hydrogen-bond acceptors (Lipinski definition) is 4. The zero-order valence-corrected chi connectivity index (χ0v) is 10.3. The molecule has 2 aromatic rings. The fourth-order valence-electron chi connectivity index (χ4n) is 1.22. The van der Waals surface area contributed by atoms with Crippen molar-refractivity contribution in [1.29, 1.82) is 0 Å². The van der Waals surface area contributed by atoms with Crippen LogP contribution in [0.2, 0.25) is 10.0 Å². The standard InChI is InChI=1S/C11H6Cl2N2O3/c12-6-1-2-9(8(13)5-6)18-10-7(11(16)17)3-4-14-15-10/h1-5H,(H,16,17). The molecular formula is C11H6Cl2N2O3. The van der Waals surface area contributed by atoms with Crippen molar-refractivity contribution in [1.82, 2.24) is 10.2 Å². The lowest BCUT2D eigenvalue weighted by Gasteiger charge is -2.07. The molecule has 0 bridgehead atoms. The molecule has 0 spiro atoms. The molecule has 0 amide bonds. The molecule has 0 saturated carbocycles. The van der Waals surface area contributed by atoms with Crippen LogP contribution in [0.25, 0.3) is 0 Å². The maximum Gasteiger partial charge on any atom is 0.341 e. The average molecular weight is 285 g/mol. The second kappa shape index (κ2) is 5.20. The molecule has 92 valence electrons. The van der Waals surface area contributed by atoms with E-state index in [1.807, 2.05) is 0 Å². The molecule has 7 heteroatoms. The summed E-state index contributed by atoms with van der Waals surface area (Å²) >= 11 is 11.6. The first-order valence-corrected chi connectivity index (χ1v) is 5.51. The fourth-order valence-corrected chi connectivity index (χ4v) is 1.67. The number of halogens is 2. The molecule has 1 aromatic carbocycles. The van der Waals surface area contributed by atoms with Crippen LogP contribution in [0, 0.1) is 0 Å². The maximum atomic E-state index is 10.9. The van der Waals surface area contributed by atoms with Gasteiger partial charge in [0.1, 0.15) is 11.3 Å². The van der Waals surface area contributed by atoms with E-state index in [1.54, 1.807) is 6.07 Å². The monoisotopic (exact) mass is 284 g/mol. The van der Waals surface area contributed by atoms with Gasteiger partial charge >= 0.3 is 5.97 Å². The average Bonchev–Trinajstić information content (AvgIpc) is 2.33. The Kier molecular flexibility index (Phi) is 3.64. The van der Waals surface area contributed by atoms with Crippen LogP contribution >= 0.6 is 23.2 Å². The lowest BCUT2D eigenvalue weighted by Crippen LogP contribution is -2.03. The van der Waals surface area contributed by atoms with E-state index in [-0.39, 0.29) is 22.2 Å². The third-order valence-electron chi connectivity index (χ3n) is 2.02. The van der Waals surface area contributed by atoms with Crippen molar-refractivity contribution in [3.63, 3.8) is 0 Å². The van der Waals surface area contributed by atoms with Gasteiger partial charge in [-0.15, -0.1) is 5.10 Å². The van der Waals surface area contributed by atoms with E-state index in [0.29, 0.717) is 5.02 Å². The second-order valence-electron chi connectivity index (χ2n) is 3.23. The van der Waals surface area contributed by atoms with E-state index in [4.69, 9.17) is 33.0 Å². The van der Waals surface area contributed by atoms with Crippen LogP contribution in [-0.4, -0.2) is 21.3 Å². The van der Waals surface area contributed by atoms with Crippen LogP contribution in [0.3, 0.4) is 0 Å². The Balaban J connectivity index is 2.37. The van der Waals surface area contributed by atoms with Crippen molar-refractivity contribution in [3.8, 4) is 11.6 Å². The molecule has 0 aliphatic rings. The first-order chi connectivity index (χ1) is 8.58. The van der Waals surface area contributed by atoms with Gasteiger partial charge in [-0.25, -0.2) is 4.79 Å². The molecule has 0 fully saturated rings. The second-order valence-corrected chi connectivity index (χ2v) is 4.08. The Bertz CT molecular complexity index is 605. The number of carboxylic acids is 1. The smallest absolute Gasteiger partial charge is 0.341 e. The highest BCUT2D eigenvalue weighted by atomic mass is 35.5. The molecule has 0 aliphatic heterocycles. The summed E-state index contributed by atoms with van der Waals surface area (Å²) in [5.74, 6) is -1.04. The molecular weight excluding hydrogens is 279 g/mol. The Labute approximate surface area is 112 Å². The molecule has 5 nitrogen and oxygen atoms in total. The summed E-state index contributed by atoms with van der Waals surface area (Å²) in [6.45, 7) is 0. The highest BCUT2D eigenvalue weighted by Crippen LogP contribution is 2.31. The minimum atomic E-state index is -1.16. The van der Waals surface area contributed by atoms with E-state index < -0.39 is 5.97 Å². The van der Waals surface area contributed by atoms with Crippen molar-refractivity contribution in [2.75, 3.05) is 0 Å². The van der Waals surface area contributed by atoms with Crippen LogP contribution in [0.4, 0.5) is 0 Å².